The first-order valence-corrected chi connectivity index (χ1v) is 18.9. The number of hydrogen-bond acceptors (Lipinski definition) is 6. The summed E-state index contributed by atoms with van der Waals surface area (Å²) in [5.41, 5.74) is 10.3. The van der Waals surface area contributed by atoms with Gasteiger partial charge in [-0.1, -0.05) is 61.5 Å². The highest BCUT2D eigenvalue weighted by Gasteiger charge is 2.53. The molecule has 2 unspecified atom stereocenters. The molecular weight excluding hydrogens is 687 g/mol. The number of esters is 1. The second-order valence-corrected chi connectivity index (χ2v) is 14.4. The van der Waals surface area contributed by atoms with Crippen molar-refractivity contribution in [3.8, 4) is 22.9 Å². The number of phenols is 1. The lowest BCUT2D eigenvalue weighted by Gasteiger charge is -2.38. The van der Waals surface area contributed by atoms with Gasteiger partial charge in [0, 0.05) is 52.4 Å². The maximum absolute atomic E-state index is 13.3. The molecule has 1 spiro atoms. The van der Waals surface area contributed by atoms with Crippen molar-refractivity contribution >= 4 is 34.1 Å². The average molecular weight is 730 g/mol. The summed E-state index contributed by atoms with van der Waals surface area (Å²) in [5.74, 6) is 1.39. The van der Waals surface area contributed by atoms with Crippen LogP contribution in [-0.4, -0.2) is 37.7 Å². The van der Waals surface area contributed by atoms with Crippen molar-refractivity contribution in [3.05, 3.63) is 161 Å². The number of nitrogens with zero attached hydrogens (tertiary/aromatic N) is 4. The lowest BCUT2D eigenvalue weighted by Crippen LogP contribution is -2.34. The maximum Gasteiger partial charge on any atom is 0.340 e. The lowest BCUT2D eigenvalue weighted by atomic mass is 9.77. The number of aromatic nitrogens is 3. The number of carbonyl (C=O) groups is 1. The summed E-state index contributed by atoms with van der Waals surface area (Å²) in [6.07, 6.45) is 1.04. The van der Waals surface area contributed by atoms with Crippen LogP contribution in [0.2, 0.25) is 0 Å². The minimum Gasteiger partial charge on any atom is -0.506 e. The van der Waals surface area contributed by atoms with Gasteiger partial charge in [0.1, 0.15) is 34.0 Å². The normalized spacial score (nSPS) is 15.9. The summed E-state index contributed by atoms with van der Waals surface area (Å²) >= 11 is 0. The van der Waals surface area contributed by atoms with Crippen molar-refractivity contribution in [1.82, 2.24) is 14.1 Å². The first-order chi connectivity index (χ1) is 26.7. The van der Waals surface area contributed by atoms with Gasteiger partial charge in [-0.2, -0.15) is 0 Å². The Hall–Kier alpha value is -6.61. The van der Waals surface area contributed by atoms with Crippen LogP contribution in [0.1, 0.15) is 65.4 Å². The predicted molar refractivity (Wildman–Crippen MR) is 217 cm³/mol. The minimum absolute atomic E-state index is 0.302. The fourth-order valence-electron chi connectivity index (χ4n) is 8.06. The van der Waals surface area contributed by atoms with Gasteiger partial charge in [-0.25, -0.2) is 4.79 Å². The van der Waals surface area contributed by atoms with Crippen LogP contribution in [-0.2, 0) is 10.3 Å². The number of hydrogen-bond donors (Lipinski definition) is 2. The number of para-hydroxylation sites is 3. The third-order valence-corrected chi connectivity index (χ3v) is 11.1. The van der Waals surface area contributed by atoms with E-state index in [-0.39, 0.29) is 5.97 Å². The Morgan fingerprint density at radius 2 is 1.45 bits per heavy atom. The van der Waals surface area contributed by atoms with E-state index in [1.807, 2.05) is 106 Å². The molecule has 0 saturated carbocycles. The van der Waals surface area contributed by atoms with Gasteiger partial charge in [-0.15, -0.1) is 14.1 Å². The highest BCUT2D eigenvalue weighted by molar-refractivity contribution is 5.97. The van der Waals surface area contributed by atoms with E-state index in [2.05, 4.69) is 74.3 Å². The molecule has 2 aromatic heterocycles. The molecule has 2 aliphatic heterocycles. The number of carbonyl (C=O) groups excluding carboxylic acids is 1. The molecule has 10 rings (SSSR count). The number of rotatable bonds is 7. The first kappa shape index (κ1) is 34.2. The minimum atomic E-state index is -1.09. The van der Waals surface area contributed by atoms with Crippen LogP contribution in [0, 0.1) is 13.8 Å². The zero-order valence-corrected chi connectivity index (χ0v) is 31.6. The molecule has 0 aliphatic carbocycles. The number of anilines is 3. The maximum atomic E-state index is 13.3. The Labute approximate surface area is 319 Å². The number of phenolic OH excluding ortho intramolecular Hbond substituents is 1. The number of fused-ring (bicyclic) bond motifs is 10. The molecule has 9 heteroatoms. The van der Waals surface area contributed by atoms with Crippen molar-refractivity contribution in [1.29, 1.82) is 0 Å². The molecule has 0 bridgehead atoms. The van der Waals surface area contributed by atoms with Crippen LogP contribution in [0.4, 0.5) is 17.1 Å². The van der Waals surface area contributed by atoms with Crippen LogP contribution in [0.5, 0.6) is 17.2 Å². The Kier molecular flexibility index (Phi) is 8.11. The number of benzene rings is 6. The molecule has 4 heterocycles. The molecule has 6 aromatic carbocycles. The number of ether oxygens (including phenoxy) is 2. The topological polar surface area (TPSA) is 84.8 Å². The van der Waals surface area contributed by atoms with E-state index in [9.17, 15) is 9.90 Å². The summed E-state index contributed by atoms with van der Waals surface area (Å²) in [5, 5.41) is 13.4. The summed E-state index contributed by atoms with van der Waals surface area (Å²) in [6, 6.07) is 42.3. The Morgan fingerprint density at radius 3 is 2.18 bits per heavy atom. The van der Waals surface area contributed by atoms with Gasteiger partial charge in [0.15, 0.2) is 5.60 Å². The zero-order valence-electron chi connectivity index (χ0n) is 31.6. The van der Waals surface area contributed by atoms with E-state index in [0.717, 1.165) is 63.5 Å². The largest absolute Gasteiger partial charge is 0.506 e. The lowest BCUT2D eigenvalue weighted by molar-refractivity contribution is 0.0224. The van der Waals surface area contributed by atoms with Gasteiger partial charge in [0.05, 0.1) is 5.56 Å². The van der Waals surface area contributed by atoms with E-state index in [0.29, 0.717) is 28.9 Å². The Balaban J connectivity index is 0.000000193. The van der Waals surface area contributed by atoms with Crippen molar-refractivity contribution in [3.63, 3.8) is 0 Å². The molecule has 2 atom stereocenters. The second-order valence-electron chi connectivity index (χ2n) is 14.4. The molecule has 8 aromatic rings. The quantitative estimate of drug-likeness (QED) is 0.159. The van der Waals surface area contributed by atoms with E-state index in [4.69, 9.17) is 9.47 Å². The number of aromatic hydroxyl groups is 1. The van der Waals surface area contributed by atoms with Gasteiger partial charge >= 0.3 is 5.97 Å². The van der Waals surface area contributed by atoms with E-state index < -0.39 is 5.60 Å². The molecule has 0 amide bonds. The highest BCUT2D eigenvalue weighted by atomic mass is 16.6. The van der Waals surface area contributed by atoms with Crippen molar-refractivity contribution < 1.29 is 19.4 Å². The molecule has 9 nitrogen and oxygen atoms in total. The number of nitrogens with one attached hydrogen (secondary N) is 1. The fraction of sp³-hybridized carbons (Fsp3) is 0.196. The average Bonchev–Trinajstić information content (AvgIpc) is 3.77. The molecule has 0 radical (unpaired) electrons. The van der Waals surface area contributed by atoms with Crippen LogP contribution in [0.25, 0.3) is 16.7 Å². The van der Waals surface area contributed by atoms with Crippen molar-refractivity contribution in [2.45, 2.75) is 52.7 Å². The Morgan fingerprint density at radius 1 is 0.764 bits per heavy atom. The monoisotopic (exact) mass is 729 g/mol. The smallest absolute Gasteiger partial charge is 0.340 e. The van der Waals surface area contributed by atoms with Gasteiger partial charge < -0.3 is 24.8 Å². The molecule has 55 heavy (non-hydrogen) atoms. The van der Waals surface area contributed by atoms with E-state index >= 15 is 0 Å². The highest BCUT2D eigenvalue weighted by Crippen LogP contribution is 2.57. The molecule has 0 saturated heterocycles. The summed E-state index contributed by atoms with van der Waals surface area (Å²) in [7, 11) is 0. The van der Waals surface area contributed by atoms with E-state index in [1.54, 1.807) is 6.07 Å². The van der Waals surface area contributed by atoms with Gasteiger partial charge in [0.2, 0.25) is 0 Å². The summed E-state index contributed by atoms with van der Waals surface area (Å²) in [4.78, 5) is 17.6. The van der Waals surface area contributed by atoms with Gasteiger partial charge in [-0.3, -0.25) is 0 Å². The molecule has 0 fully saturated rings. The summed E-state index contributed by atoms with van der Waals surface area (Å²) in [6.45, 7) is 11.6. The summed E-state index contributed by atoms with van der Waals surface area (Å²) < 4.78 is 17.1. The molecule has 276 valence electrons. The fourth-order valence-corrected chi connectivity index (χ4v) is 8.06. The third-order valence-electron chi connectivity index (χ3n) is 11.1. The van der Waals surface area contributed by atoms with Crippen molar-refractivity contribution in [2.24, 2.45) is 0 Å². The third kappa shape index (κ3) is 5.41. The van der Waals surface area contributed by atoms with Crippen LogP contribution in [0.15, 0.2) is 127 Å². The molecular formula is C46H43N5O4. The first-order valence-electron chi connectivity index (χ1n) is 18.9. The zero-order chi connectivity index (χ0) is 38.0. The van der Waals surface area contributed by atoms with Crippen LogP contribution in [0.3, 0.4) is 0 Å². The molecule has 2 aliphatic rings. The van der Waals surface area contributed by atoms with Crippen LogP contribution < -0.4 is 15.0 Å². The second kappa shape index (κ2) is 13.1. The Bertz CT molecular complexity index is 2660. The molecule has 2 N–H and O–H groups in total. The number of aryl methyl sites for hydroxylation is 2. The van der Waals surface area contributed by atoms with Gasteiger partial charge in [-0.05, 0) is 112 Å². The van der Waals surface area contributed by atoms with Crippen LogP contribution >= 0.6 is 0 Å². The van der Waals surface area contributed by atoms with Crippen molar-refractivity contribution in [2.75, 3.05) is 16.8 Å². The standard InChI is InChI=1S/C33H32N2O3.C13H11N3O/c1-5-22(4)35(6-2)24-16-17-27-31(19-24)37-30-18-21(3)29(34-23-12-8-7-9-13-23)20-28(30)33(27)26-15-11-10-14-25(26)32(36)38-33;1-9-6-7-13(17)12(8-9)16-14-10-4-2-3-5-11(10)15(14)16/h7-20,22,34H,5-6H2,1-4H3;2-8,17H,1H3. The SMILES string of the molecule is CCC(C)N(CC)c1ccc2c(c1)Oc1cc(C)c(Nc3ccccc3)cc1C21OC(=O)c2ccccc21.Cc1ccc(O)c(-n2n3c4ccccc4n23)c1. The predicted octanol–water partition coefficient (Wildman–Crippen LogP) is 10.4. The van der Waals surface area contributed by atoms with Gasteiger partial charge in [0.25, 0.3) is 0 Å². The van der Waals surface area contributed by atoms with E-state index in [1.165, 1.54) is 11.0 Å².